The largest absolute Gasteiger partial charge is 0.459 e. The third kappa shape index (κ3) is 2.57. The fourth-order valence-corrected chi connectivity index (χ4v) is 3.56. The molecular weight excluding hydrogens is 282 g/mol. The van der Waals surface area contributed by atoms with E-state index in [9.17, 15) is 4.79 Å². The summed E-state index contributed by atoms with van der Waals surface area (Å²) in [6, 6.07) is 1.95. The van der Waals surface area contributed by atoms with Gasteiger partial charge < -0.3 is 18.8 Å². The highest BCUT2D eigenvalue weighted by molar-refractivity contribution is 5.93. The van der Waals surface area contributed by atoms with E-state index in [2.05, 4.69) is 0 Å². The van der Waals surface area contributed by atoms with E-state index in [0.717, 1.165) is 37.5 Å². The van der Waals surface area contributed by atoms with Crippen LogP contribution >= 0.6 is 0 Å². The monoisotopic (exact) mass is 305 g/mol. The molecule has 1 aliphatic carbocycles. The van der Waals surface area contributed by atoms with E-state index in [0.29, 0.717) is 12.3 Å². The first-order chi connectivity index (χ1) is 10.7. The second-order valence-electron chi connectivity index (χ2n) is 6.75. The van der Waals surface area contributed by atoms with Crippen molar-refractivity contribution in [3.05, 3.63) is 23.7 Å². The van der Waals surface area contributed by atoms with Crippen LogP contribution in [0.3, 0.4) is 0 Å². The van der Waals surface area contributed by atoms with Gasteiger partial charge in [0.2, 0.25) is 0 Å². The number of carbonyl (C=O) groups excluding carboxylic acids is 1. The Hall–Kier alpha value is -1.33. The van der Waals surface area contributed by atoms with Crippen molar-refractivity contribution in [2.75, 3.05) is 19.8 Å². The molecular formula is C17H23NO4. The quantitative estimate of drug-likeness (QED) is 0.857. The highest BCUT2D eigenvalue weighted by Gasteiger charge is 2.47. The number of fused-ring (bicyclic) bond motifs is 1. The summed E-state index contributed by atoms with van der Waals surface area (Å²) in [5.74, 6) is 1.15. The van der Waals surface area contributed by atoms with Gasteiger partial charge in [-0.2, -0.15) is 0 Å². The molecule has 5 nitrogen and oxygen atoms in total. The molecule has 5 heteroatoms. The summed E-state index contributed by atoms with van der Waals surface area (Å²) >= 11 is 0. The molecule has 2 aliphatic heterocycles. The van der Waals surface area contributed by atoms with Crippen molar-refractivity contribution >= 4 is 5.91 Å². The first-order valence-corrected chi connectivity index (χ1v) is 8.32. The van der Waals surface area contributed by atoms with Crippen LogP contribution in [0.2, 0.25) is 0 Å². The number of rotatable bonds is 4. The third-order valence-corrected chi connectivity index (χ3v) is 5.04. The normalized spacial score (nSPS) is 31.3. The molecule has 3 fully saturated rings. The Balaban J connectivity index is 1.51. The van der Waals surface area contributed by atoms with Gasteiger partial charge in [-0.1, -0.05) is 0 Å². The number of hydrogen-bond acceptors (Lipinski definition) is 4. The van der Waals surface area contributed by atoms with Crippen molar-refractivity contribution in [1.29, 1.82) is 0 Å². The van der Waals surface area contributed by atoms with Crippen molar-refractivity contribution in [3.8, 4) is 0 Å². The number of likely N-dealkylation sites (tertiary alicyclic amines) is 1. The summed E-state index contributed by atoms with van der Waals surface area (Å²) in [7, 11) is 0. The topological polar surface area (TPSA) is 51.9 Å². The van der Waals surface area contributed by atoms with Crippen LogP contribution in [0.4, 0.5) is 0 Å². The van der Waals surface area contributed by atoms with Crippen LogP contribution in [-0.4, -0.2) is 48.8 Å². The van der Waals surface area contributed by atoms with Crippen LogP contribution in [0.5, 0.6) is 0 Å². The van der Waals surface area contributed by atoms with E-state index in [1.807, 2.05) is 17.9 Å². The summed E-state index contributed by atoms with van der Waals surface area (Å²) < 4.78 is 17.4. The number of ether oxygens (including phenoxy) is 2. The molecule has 1 aromatic heterocycles. The fourth-order valence-electron chi connectivity index (χ4n) is 3.56. The molecule has 0 N–H and O–H groups in total. The average Bonchev–Trinajstić information content (AvgIpc) is 3.15. The lowest BCUT2D eigenvalue weighted by Gasteiger charge is -2.31. The number of furan rings is 1. The molecule has 0 radical (unpaired) electrons. The third-order valence-electron chi connectivity index (χ3n) is 5.04. The summed E-state index contributed by atoms with van der Waals surface area (Å²) in [4.78, 5) is 14.7. The molecule has 3 heterocycles. The number of nitrogens with zero attached hydrogens (tertiary/aromatic N) is 1. The van der Waals surface area contributed by atoms with Gasteiger partial charge in [0, 0.05) is 18.8 Å². The Kier molecular flexibility index (Phi) is 3.70. The maximum atomic E-state index is 12.8. The first kappa shape index (κ1) is 14.3. The van der Waals surface area contributed by atoms with Gasteiger partial charge >= 0.3 is 0 Å². The molecule has 4 rings (SSSR count). The number of hydrogen-bond donors (Lipinski definition) is 0. The number of carbonyl (C=O) groups is 1. The van der Waals surface area contributed by atoms with Crippen molar-refractivity contribution in [2.45, 2.75) is 50.9 Å². The van der Waals surface area contributed by atoms with E-state index in [1.165, 1.54) is 12.8 Å². The van der Waals surface area contributed by atoms with Gasteiger partial charge in [0.25, 0.3) is 5.91 Å². The van der Waals surface area contributed by atoms with E-state index >= 15 is 0 Å². The Morgan fingerprint density at radius 2 is 2.27 bits per heavy atom. The van der Waals surface area contributed by atoms with Crippen LogP contribution in [0, 0.1) is 12.8 Å². The molecule has 0 aromatic carbocycles. The maximum absolute atomic E-state index is 12.8. The Morgan fingerprint density at radius 3 is 3.00 bits per heavy atom. The Bertz CT molecular complexity index is 551. The number of aryl methyl sites for hydroxylation is 1. The minimum Gasteiger partial charge on any atom is -0.459 e. The SMILES string of the molecule is Cc1ccoc1C(=O)N1C[C@@H](OCC2CC2)[C@H]2OCCC[C@H]21. The van der Waals surface area contributed by atoms with E-state index in [-0.39, 0.29) is 24.2 Å². The molecule has 120 valence electrons. The van der Waals surface area contributed by atoms with Gasteiger partial charge in [-0.05, 0) is 44.6 Å². The predicted octanol–water partition coefficient (Wildman–Crippen LogP) is 2.39. The lowest BCUT2D eigenvalue weighted by atomic mass is 10.0. The average molecular weight is 305 g/mol. The summed E-state index contributed by atoms with van der Waals surface area (Å²) in [5.41, 5.74) is 0.889. The summed E-state index contributed by atoms with van der Waals surface area (Å²) in [5, 5.41) is 0. The predicted molar refractivity (Wildman–Crippen MR) is 79.7 cm³/mol. The van der Waals surface area contributed by atoms with Gasteiger partial charge in [0.05, 0.1) is 18.8 Å². The number of amides is 1. The molecule has 2 saturated heterocycles. The van der Waals surface area contributed by atoms with Gasteiger partial charge in [0.15, 0.2) is 5.76 Å². The minimum atomic E-state index is -0.0273. The van der Waals surface area contributed by atoms with Crippen LogP contribution < -0.4 is 0 Å². The second-order valence-corrected chi connectivity index (χ2v) is 6.75. The Morgan fingerprint density at radius 1 is 1.41 bits per heavy atom. The Labute approximate surface area is 130 Å². The van der Waals surface area contributed by atoms with Crippen LogP contribution in [0.25, 0.3) is 0 Å². The van der Waals surface area contributed by atoms with Crippen LogP contribution in [0.15, 0.2) is 16.7 Å². The van der Waals surface area contributed by atoms with Crippen molar-refractivity contribution in [2.24, 2.45) is 5.92 Å². The zero-order valence-corrected chi connectivity index (χ0v) is 13.0. The molecule has 1 amide bonds. The molecule has 3 aliphatic rings. The fraction of sp³-hybridized carbons (Fsp3) is 0.706. The van der Waals surface area contributed by atoms with Gasteiger partial charge in [-0.25, -0.2) is 0 Å². The van der Waals surface area contributed by atoms with E-state index in [1.54, 1.807) is 6.26 Å². The van der Waals surface area contributed by atoms with E-state index in [4.69, 9.17) is 13.9 Å². The smallest absolute Gasteiger partial charge is 0.290 e. The molecule has 0 unspecified atom stereocenters. The van der Waals surface area contributed by atoms with Crippen LogP contribution in [0.1, 0.15) is 41.8 Å². The molecule has 1 saturated carbocycles. The molecule has 0 spiro atoms. The molecule has 3 atom stereocenters. The summed E-state index contributed by atoms with van der Waals surface area (Å²) in [6.45, 7) is 4.09. The van der Waals surface area contributed by atoms with E-state index < -0.39 is 0 Å². The van der Waals surface area contributed by atoms with Gasteiger partial charge in [0.1, 0.15) is 12.2 Å². The van der Waals surface area contributed by atoms with Gasteiger partial charge in [-0.15, -0.1) is 0 Å². The highest BCUT2D eigenvalue weighted by atomic mass is 16.5. The molecule has 22 heavy (non-hydrogen) atoms. The van der Waals surface area contributed by atoms with Crippen molar-refractivity contribution < 1.29 is 18.7 Å². The van der Waals surface area contributed by atoms with Crippen molar-refractivity contribution in [3.63, 3.8) is 0 Å². The maximum Gasteiger partial charge on any atom is 0.290 e. The zero-order chi connectivity index (χ0) is 15.1. The second kappa shape index (κ2) is 5.70. The van der Waals surface area contributed by atoms with Crippen LogP contribution in [-0.2, 0) is 9.47 Å². The molecule has 0 bridgehead atoms. The lowest BCUT2D eigenvalue weighted by molar-refractivity contribution is -0.0782. The van der Waals surface area contributed by atoms with Crippen molar-refractivity contribution in [1.82, 2.24) is 4.90 Å². The summed E-state index contributed by atoms with van der Waals surface area (Å²) in [6.07, 6.45) is 6.13. The highest BCUT2D eigenvalue weighted by Crippen LogP contribution is 2.35. The first-order valence-electron chi connectivity index (χ1n) is 8.32. The zero-order valence-electron chi connectivity index (χ0n) is 13.0. The molecule has 1 aromatic rings. The standard InChI is InChI=1S/C17H23NO4/c1-11-6-8-21-15(11)17(19)18-9-14(22-10-12-4-5-12)16-13(18)3-2-7-20-16/h6,8,12-14,16H,2-5,7,9-10H2,1H3/t13-,14-,16+/m1/s1. The minimum absolute atomic E-state index is 0.00474. The lowest BCUT2D eigenvalue weighted by Crippen LogP contribution is -2.44. The van der Waals surface area contributed by atoms with Gasteiger partial charge in [-0.3, -0.25) is 4.79 Å².